The van der Waals surface area contributed by atoms with Crippen LogP contribution < -0.4 is 29.9 Å². The average Bonchev–Trinajstić information content (AvgIpc) is 2.93. The standard InChI is InChI=1S/C28H30FN7O2/c1-19-10-11-30-26(16-19)35-12-14-36(15-13-35)27-18-25(31-21-6-9-24(38-3)23(29)17-21)33-28(34-27)32-20-4-7-22(37-2)8-5-20/h4-11,16-18H,12-15H2,1-3H3,(H2,31,32,33,34). The van der Waals surface area contributed by atoms with E-state index in [-0.39, 0.29) is 5.75 Å². The van der Waals surface area contributed by atoms with Crippen molar-refractivity contribution in [1.82, 2.24) is 15.0 Å². The van der Waals surface area contributed by atoms with Crippen LogP contribution in [0.2, 0.25) is 0 Å². The average molecular weight is 516 g/mol. The first-order valence-corrected chi connectivity index (χ1v) is 12.3. The lowest BCUT2D eigenvalue weighted by Crippen LogP contribution is -2.47. The fraction of sp³-hybridized carbons (Fsp3) is 0.250. The molecule has 0 radical (unpaired) electrons. The highest BCUT2D eigenvalue weighted by atomic mass is 19.1. The Hall–Kier alpha value is -4.60. The van der Waals surface area contributed by atoms with Gasteiger partial charge in [0.05, 0.1) is 14.2 Å². The molecule has 1 fully saturated rings. The zero-order chi connectivity index (χ0) is 26.5. The maximum absolute atomic E-state index is 14.3. The monoisotopic (exact) mass is 515 g/mol. The number of ether oxygens (including phenoxy) is 2. The molecular weight excluding hydrogens is 485 g/mol. The number of nitrogens with one attached hydrogen (secondary N) is 2. The van der Waals surface area contributed by atoms with Gasteiger partial charge >= 0.3 is 0 Å². The van der Waals surface area contributed by atoms with Crippen molar-refractivity contribution in [3.05, 3.63) is 78.2 Å². The SMILES string of the molecule is COc1ccc(Nc2nc(Nc3ccc(OC)c(F)c3)cc(N3CCN(c4cc(C)ccn4)CC3)n2)cc1. The maximum atomic E-state index is 14.3. The van der Waals surface area contributed by atoms with Gasteiger partial charge in [-0.05, 0) is 61.0 Å². The zero-order valence-corrected chi connectivity index (χ0v) is 21.6. The number of pyridine rings is 1. The van der Waals surface area contributed by atoms with Crippen molar-refractivity contribution >= 4 is 34.8 Å². The van der Waals surface area contributed by atoms with Crippen molar-refractivity contribution in [2.24, 2.45) is 0 Å². The minimum Gasteiger partial charge on any atom is -0.497 e. The van der Waals surface area contributed by atoms with Gasteiger partial charge in [0, 0.05) is 55.9 Å². The van der Waals surface area contributed by atoms with Crippen LogP contribution in [-0.4, -0.2) is 55.4 Å². The maximum Gasteiger partial charge on any atom is 0.231 e. The van der Waals surface area contributed by atoms with Gasteiger partial charge in [-0.25, -0.2) is 9.37 Å². The fourth-order valence-electron chi connectivity index (χ4n) is 4.27. The first-order valence-electron chi connectivity index (χ1n) is 12.3. The van der Waals surface area contributed by atoms with E-state index in [2.05, 4.69) is 43.4 Å². The normalized spacial score (nSPS) is 13.3. The Morgan fingerprint density at radius 1 is 0.763 bits per heavy atom. The molecule has 0 amide bonds. The first kappa shape index (κ1) is 25.1. The Morgan fingerprint density at radius 2 is 1.47 bits per heavy atom. The summed E-state index contributed by atoms with van der Waals surface area (Å²) in [6, 6.07) is 18.2. The largest absolute Gasteiger partial charge is 0.497 e. The Balaban J connectivity index is 1.39. The van der Waals surface area contributed by atoms with Gasteiger partial charge in [-0.15, -0.1) is 0 Å². The molecule has 5 rings (SSSR count). The van der Waals surface area contributed by atoms with Crippen LogP contribution in [0.4, 0.5) is 39.2 Å². The lowest BCUT2D eigenvalue weighted by Gasteiger charge is -2.36. The number of rotatable bonds is 8. The summed E-state index contributed by atoms with van der Waals surface area (Å²) in [6.07, 6.45) is 1.85. The van der Waals surface area contributed by atoms with Crippen molar-refractivity contribution in [3.63, 3.8) is 0 Å². The highest BCUT2D eigenvalue weighted by molar-refractivity contribution is 5.65. The summed E-state index contributed by atoms with van der Waals surface area (Å²) < 4.78 is 24.6. The summed E-state index contributed by atoms with van der Waals surface area (Å²) in [4.78, 5) is 18.5. The van der Waals surface area contributed by atoms with Crippen LogP contribution in [0.1, 0.15) is 5.56 Å². The van der Waals surface area contributed by atoms with Gasteiger partial charge in [0.25, 0.3) is 0 Å². The molecule has 0 saturated carbocycles. The predicted octanol–water partition coefficient (Wildman–Crippen LogP) is 5.15. The molecule has 4 aromatic rings. The van der Waals surface area contributed by atoms with E-state index < -0.39 is 5.82 Å². The van der Waals surface area contributed by atoms with Crippen LogP contribution in [0.25, 0.3) is 0 Å². The summed E-state index contributed by atoms with van der Waals surface area (Å²) in [5.74, 6) is 3.20. The molecule has 1 saturated heterocycles. The Bertz CT molecular complexity index is 1390. The van der Waals surface area contributed by atoms with Gasteiger partial charge in [0.2, 0.25) is 5.95 Å². The highest BCUT2D eigenvalue weighted by Gasteiger charge is 2.21. The molecule has 1 aliphatic heterocycles. The van der Waals surface area contributed by atoms with Crippen LogP contribution in [0.3, 0.4) is 0 Å². The minimum absolute atomic E-state index is 0.182. The third kappa shape index (κ3) is 5.86. The van der Waals surface area contributed by atoms with Crippen molar-refractivity contribution in [1.29, 1.82) is 0 Å². The van der Waals surface area contributed by atoms with E-state index in [1.165, 1.54) is 18.7 Å². The summed E-state index contributed by atoms with van der Waals surface area (Å²) in [5, 5.41) is 6.48. The van der Waals surface area contributed by atoms with E-state index in [1.807, 2.05) is 42.6 Å². The smallest absolute Gasteiger partial charge is 0.231 e. The Kier molecular flexibility index (Phi) is 7.39. The molecule has 0 atom stereocenters. The second-order valence-corrected chi connectivity index (χ2v) is 8.93. The summed E-state index contributed by atoms with van der Waals surface area (Å²) >= 11 is 0. The molecule has 38 heavy (non-hydrogen) atoms. The van der Waals surface area contributed by atoms with Crippen LogP contribution in [0.15, 0.2) is 66.9 Å². The molecule has 2 aromatic heterocycles. The molecule has 10 heteroatoms. The second kappa shape index (κ2) is 11.2. The Morgan fingerprint density at radius 3 is 2.13 bits per heavy atom. The number of benzene rings is 2. The topological polar surface area (TPSA) is 87.7 Å². The number of halogens is 1. The van der Waals surface area contributed by atoms with Crippen LogP contribution in [0, 0.1) is 12.7 Å². The van der Waals surface area contributed by atoms with Gasteiger partial charge in [-0.2, -0.15) is 9.97 Å². The van der Waals surface area contributed by atoms with Crippen LogP contribution in [-0.2, 0) is 0 Å². The number of piperazine rings is 1. The molecule has 9 nitrogen and oxygen atoms in total. The summed E-state index contributed by atoms with van der Waals surface area (Å²) in [5.41, 5.74) is 2.56. The van der Waals surface area contributed by atoms with Gasteiger partial charge in [0.1, 0.15) is 23.2 Å². The van der Waals surface area contributed by atoms with E-state index in [4.69, 9.17) is 14.5 Å². The van der Waals surface area contributed by atoms with Crippen molar-refractivity contribution in [2.75, 3.05) is 60.8 Å². The van der Waals surface area contributed by atoms with Crippen LogP contribution in [0.5, 0.6) is 11.5 Å². The van der Waals surface area contributed by atoms with Crippen molar-refractivity contribution < 1.29 is 13.9 Å². The summed E-state index contributed by atoms with van der Waals surface area (Å²) in [7, 11) is 3.07. The quantitative estimate of drug-likeness (QED) is 0.331. The highest BCUT2D eigenvalue weighted by Crippen LogP contribution is 2.28. The van der Waals surface area contributed by atoms with Crippen molar-refractivity contribution in [3.8, 4) is 11.5 Å². The molecule has 1 aliphatic rings. The van der Waals surface area contributed by atoms with E-state index in [0.29, 0.717) is 17.5 Å². The molecule has 3 heterocycles. The second-order valence-electron chi connectivity index (χ2n) is 8.93. The number of aryl methyl sites for hydroxylation is 1. The minimum atomic E-state index is -0.454. The number of hydrogen-bond acceptors (Lipinski definition) is 9. The predicted molar refractivity (Wildman–Crippen MR) is 148 cm³/mol. The van der Waals surface area contributed by atoms with Gasteiger partial charge in [-0.1, -0.05) is 0 Å². The lowest BCUT2D eigenvalue weighted by molar-refractivity contribution is 0.386. The first-order chi connectivity index (χ1) is 18.5. The van der Waals surface area contributed by atoms with Crippen LogP contribution >= 0.6 is 0 Å². The van der Waals surface area contributed by atoms with Gasteiger partial charge in [0.15, 0.2) is 11.6 Å². The molecular formula is C28H30FN7O2. The molecule has 0 aliphatic carbocycles. The van der Waals surface area contributed by atoms with E-state index in [9.17, 15) is 4.39 Å². The number of methoxy groups -OCH3 is 2. The van der Waals surface area contributed by atoms with Gasteiger partial charge < -0.3 is 29.9 Å². The molecule has 2 aromatic carbocycles. The molecule has 196 valence electrons. The number of nitrogens with zero attached hydrogens (tertiary/aromatic N) is 5. The van der Waals surface area contributed by atoms with E-state index in [1.54, 1.807) is 19.2 Å². The molecule has 0 bridgehead atoms. The Labute approximate surface area is 221 Å². The lowest BCUT2D eigenvalue weighted by atomic mass is 10.2. The third-order valence-corrected chi connectivity index (χ3v) is 6.31. The summed E-state index contributed by atoms with van der Waals surface area (Å²) in [6.45, 7) is 5.24. The number of aromatic nitrogens is 3. The molecule has 0 spiro atoms. The number of anilines is 6. The van der Waals surface area contributed by atoms with E-state index in [0.717, 1.165) is 49.3 Å². The van der Waals surface area contributed by atoms with Gasteiger partial charge in [-0.3, -0.25) is 0 Å². The molecule has 2 N–H and O–H groups in total. The zero-order valence-electron chi connectivity index (χ0n) is 21.6. The molecule has 0 unspecified atom stereocenters. The third-order valence-electron chi connectivity index (χ3n) is 6.31. The number of hydrogen-bond donors (Lipinski definition) is 2. The fourth-order valence-corrected chi connectivity index (χ4v) is 4.27. The van der Waals surface area contributed by atoms with Crippen molar-refractivity contribution in [2.45, 2.75) is 6.92 Å². The van der Waals surface area contributed by atoms with E-state index >= 15 is 0 Å².